The fourth-order valence-corrected chi connectivity index (χ4v) is 7.17. The van der Waals surface area contributed by atoms with E-state index in [0.717, 1.165) is 38.6 Å². The van der Waals surface area contributed by atoms with Gasteiger partial charge in [-0.2, -0.15) is 0 Å². The summed E-state index contributed by atoms with van der Waals surface area (Å²) in [5, 5.41) is 24.9. The van der Waals surface area contributed by atoms with Gasteiger partial charge >= 0.3 is 0 Å². The van der Waals surface area contributed by atoms with E-state index in [-0.39, 0.29) is 66.5 Å². The maximum absolute atomic E-state index is 12.6. The van der Waals surface area contributed by atoms with Gasteiger partial charge < -0.3 is 26.0 Å². The van der Waals surface area contributed by atoms with Gasteiger partial charge in [-0.05, 0) is 62.3 Å². The number of nitrogens with one attached hydrogen (secondary N) is 1. The van der Waals surface area contributed by atoms with E-state index in [1.807, 2.05) is 0 Å². The minimum atomic E-state index is -0.603. The Morgan fingerprint density at radius 1 is 1.06 bits per heavy atom. The third kappa shape index (κ3) is 7.70. The van der Waals surface area contributed by atoms with Crippen molar-refractivity contribution >= 4 is 11.6 Å². The Morgan fingerprint density at radius 2 is 1.81 bits per heavy atom. The summed E-state index contributed by atoms with van der Waals surface area (Å²) in [5.41, 5.74) is 6.38. The van der Waals surface area contributed by atoms with E-state index in [4.69, 9.17) is 10.5 Å². The number of aliphatic hydroxyl groups is 2. The molecular weight excluding hydrogens is 456 g/mol. The van der Waals surface area contributed by atoms with Crippen LogP contribution in [-0.4, -0.2) is 60.4 Å². The molecule has 9 atom stereocenters. The third-order valence-corrected chi connectivity index (χ3v) is 9.12. The number of piperidine rings is 1. The summed E-state index contributed by atoms with van der Waals surface area (Å²) in [4.78, 5) is 24.8. The number of Topliss-reactive ketones (excluding diaryl/α,β-unsaturated/α-hetero) is 2. The Morgan fingerprint density at radius 3 is 2.53 bits per heavy atom. The van der Waals surface area contributed by atoms with Crippen LogP contribution in [0.15, 0.2) is 12.2 Å². The molecule has 36 heavy (non-hydrogen) atoms. The molecule has 7 heteroatoms. The molecule has 0 bridgehead atoms. The number of hydrogen-bond acceptors (Lipinski definition) is 7. The number of unbranched alkanes of at least 4 members (excludes halogenated alkanes) is 4. The van der Waals surface area contributed by atoms with Crippen LogP contribution in [0.25, 0.3) is 0 Å². The molecule has 7 nitrogen and oxygen atoms in total. The second-order valence-corrected chi connectivity index (χ2v) is 11.5. The topological polar surface area (TPSA) is 122 Å². The van der Waals surface area contributed by atoms with Gasteiger partial charge in [0.1, 0.15) is 11.6 Å². The monoisotopic (exact) mass is 506 g/mol. The zero-order valence-corrected chi connectivity index (χ0v) is 22.4. The van der Waals surface area contributed by atoms with E-state index in [9.17, 15) is 19.8 Å². The zero-order chi connectivity index (χ0) is 26.1. The first kappa shape index (κ1) is 29.4. The maximum Gasteiger partial charge on any atom is 0.140 e. The van der Waals surface area contributed by atoms with E-state index >= 15 is 0 Å². The van der Waals surface area contributed by atoms with Crippen molar-refractivity contribution in [3.63, 3.8) is 0 Å². The van der Waals surface area contributed by atoms with Crippen molar-refractivity contribution < 1.29 is 24.5 Å². The predicted molar refractivity (Wildman–Crippen MR) is 141 cm³/mol. The Labute approximate surface area is 217 Å². The molecule has 0 aromatic heterocycles. The molecule has 0 aromatic carbocycles. The zero-order valence-electron chi connectivity index (χ0n) is 22.4. The molecule has 3 rings (SSSR count). The van der Waals surface area contributed by atoms with Gasteiger partial charge in [-0.15, -0.1) is 0 Å². The van der Waals surface area contributed by atoms with Gasteiger partial charge in [0.15, 0.2) is 0 Å². The maximum atomic E-state index is 12.6. The summed E-state index contributed by atoms with van der Waals surface area (Å²) in [7, 11) is 1.64. The van der Waals surface area contributed by atoms with Crippen LogP contribution in [0, 0.1) is 35.5 Å². The lowest BCUT2D eigenvalue weighted by Gasteiger charge is -2.51. The van der Waals surface area contributed by atoms with Crippen LogP contribution >= 0.6 is 0 Å². The molecule has 5 N–H and O–H groups in total. The number of hydrogen-bond donors (Lipinski definition) is 4. The van der Waals surface area contributed by atoms with Crippen LogP contribution in [-0.2, 0) is 14.3 Å². The second kappa shape index (κ2) is 14.7. The number of ether oxygens (including phenoxy) is 1. The van der Waals surface area contributed by atoms with E-state index in [0.29, 0.717) is 31.6 Å². The van der Waals surface area contributed by atoms with Crippen molar-refractivity contribution in [2.75, 3.05) is 20.3 Å². The largest absolute Gasteiger partial charge is 0.396 e. The van der Waals surface area contributed by atoms with E-state index < -0.39 is 6.10 Å². The summed E-state index contributed by atoms with van der Waals surface area (Å²) >= 11 is 0. The van der Waals surface area contributed by atoms with Crippen LogP contribution in [0.5, 0.6) is 0 Å². The standard InChI is InChI=1S/C29H50N2O5/c1-3-4-5-6-7-8-21(33)17-22(34)11-9-19-15-25(28(35)26(16-19)36-2)27-20(18-32)10-12-24-23(27)13-14-31-29(24)30/h10,12,19-20,23-29,31-32,35H,3-9,11,13-18,30H2,1-2H3/t19?,20-,23?,24?,25?,26?,27-,28?,29?/m0/s1. The lowest BCUT2D eigenvalue weighted by Crippen LogP contribution is -2.57. The molecule has 1 aliphatic heterocycles. The number of fused-ring (bicyclic) bond motifs is 1. The molecule has 2 aliphatic carbocycles. The molecule has 0 amide bonds. The fraction of sp³-hybridized carbons (Fsp3) is 0.862. The van der Waals surface area contributed by atoms with E-state index in [1.54, 1.807) is 7.11 Å². The van der Waals surface area contributed by atoms with Crippen LogP contribution in [0.1, 0.15) is 84.0 Å². The lowest BCUT2D eigenvalue weighted by molar-refractivity contribution is -0.128. The lowest BCUT2D eigenvalue weighted by atomic mass is 9.58. The first-order chi connectivity index (χ1) is 17.4. The summed E-state index contributed by atoms with van der Waals surface area (Å²) in [5.74, 6) is 0.928. The van der Waals surface area contributed by atoms with Gasteiger partial charge in [-0.1, -0.05) is 44.8 Å². The van der Waals surface area contributed by atoms with E-state index in [1.165, 1.54) is 12.8 Å². The van der Waals surface area contributed by atoms with Crippen LogP contribution in [0.2, 0.25) is 0 Å². The molecule has 0 radical (unpaired) electrons. The van der Waals surface area contributed by atoms with Gasteiger partial charge in [0.2, 0.25) is 0 Å². The molecule has 0 spiro atoms. The van der Waals surface area contributed by atoms with Crippen molar-refractivity contribution in [2.24, 2.45) is 41.2 Å². The number of methoxy groups -OCH3 is 1. The highest BCUT2D eigenvalue weighted by molar-refractivity contribution is 5.98. The number of rotatable bonds is 14. The molecule has 1 heterocycles. The van der Waals surface area contributed by atoms with Gasteiger partial charge in [0.25, 0.3) is 0 Å². The number of ketones is 2. The number of nitrogens with two attached hydrogens (primary N) is 1. The SMILES string of the molecule is CCCCCCCC(=O)CC(=O)CCC1CC(OC)C(O)C([C@@H]2C3CCNC(N)C3C=C[C@H]2CO)C1. The Hall–Kier alpha value is -1.12. The van der Waals surface area contributed by atoms with Gasteiger partial charge in [-0.3, -0.25) is 9.59 Å². The molecule has 0 aromatic rings. The summed E-state index contributed by atoms with van der Waals surface area (Å²) in [6.07, 6.45) is 12.9. The molecule has 7 unspecified atom stereocenters. The van der Waals surface area contributed by atoms with Crippen molar-refractivity contribution in [1.82, 2.24) is 5.32 Å². The number of aliphatic hydroxyl groups excluding tert-OH is 2. The number of carbonyl (C=O) groups is 2. The average molecular weight is 507 g/mol. The number of carbonyl (C=O) groups excluding carboxylic acids is 2. The van der Waals surface area contributed by atoms with Gasteiger partial charge in [-0.25, -0.2) is 0 Å². The Bertz CT molecular complexity index is 728. The smallest absolute Gasteiger partial charge is 0.140 e. The summed E-state index contributed by atoms with van der Waals surface area (Å²) in [6, 6.07) is 0. The van der Waals surface area contributed by atoms with Crippen molar-refractivity contribution in [3.8, 4) is 0 Å². The summed E-state index contributed by atoms with van der Waals surface area (Å²) in [6.45, 7) is 3.06. The van der Waals surface area contributed by atoms with Crippen LogP contribution in [0.3, 0.4) is 0 Å². The van der Waals surface area contributed by atoms with Crippen molar-refractivity contribution in [1.29, 1.82) is 0 Å². The van der Waals surface area contributed by atoms with Gasteiger partial charge in [0.05, 0.1) is 24.8 Å². The van der Waals surface area contributed by atoms with Crippen molar-refractivity contribution in [2.45, 2.75) is 102 Å². The molecule has 1 saturated heterocycles. The van der Waals surface area contributed by atoms with Crippen LogP contribution < -0.4 is 11.1 Å². The second-order valence-electron chi connectivity index (χ2n) is 11.5. The Balaban J connectivity index is 1.58. The van der Waals surface area contributed by atoms with E-state index in [2.05, 4.69) is 24.4 Å². The van der Waals surface area contributed by atoms with Crippen LogP contribution in [0.4, 0.5) is 0 Å². The molecular formula is C29H50N2O5. The molecule has 2 fully saturated rings. The first-order valence-corrected chi connectivity index (χ1v) is 14.4. The van der Waals surface area contributed by atoms with Gasteiger partial charge in [0, 0.05) is 38.4 Å². The average Bonchev–Trinajstić information content (AvgIpc) is 2.87. The van der Waals surface area contributed by atoms with Crippen molar-refractivity contribution in [3.05, 3.63) is 12.2 Å². The highest BCUT2D eigenvalue weighted by Crippen LogP contribution is 2.49. The highest BCUT2D eigenvalue weighted by atomic mass is 16.5. The first-order valence-electron chi connectivity index (χ1n) is 14.4. The molecule has 3 aliphatic rings. The molecule has 1 saturated carbocycles. The minimum absolute atomic E-state index is 0.0102. The fourth-order valence-electron chi connectivity index (χ4n) is 7.17. The quantitative estimate of drug-likeness (QED) is 0.162. The third-order valence-electron chi connectivity index (χ3n) is 9.12. The Kier molecular flexibility index (Phi) is 12.0. The normalized spacial score (nSPS) is 36.4. The summed E-state index contributed by atoms with van der Waals surface area (Å²) < 4.78 is 5.72. The molecule has 206 valence electrons. The minimum Gasteiger partial charge on any atom is -0.396 e. The predicted octanol–water partition coefficient (Wildman–Crippen LogP) is 3.36. The highest BCUT2D eigenvalue weighted by Gasteiger charge is 2.49.